The van der Waals surface area contributed by atoms with Gasteiger partial charge in [0.2, 0.25) is 0 Å². The summed E-state index contributed by atoms with van der Waals surface area (Å²) in [6, 6.07) is 14.5. The standard InChI is InChI=1S/C22H22N4O5/c1-14(2)12-23-22(30)24-18(27)13-31-21(29)19-16-10-6-7-11-17(16)20(28)26(25-19)15-8-4-3-5-9-15/h3-11,14H,12-13H2,1-2H3,(H2,23,24,27,30). The first-order valence-corrected chi connectivity index (χ1v) is 9.69. The number of aromatic nitrogens is 2. The van der Waals surface area contributed by atoms with Crippen molar-refractivity contribution in [1.29, 1.82) is 0 Å². The molecule has 160 valence electrons. The lowest BCUT2D eigenvalue weighted by Gasteiger charge is -2.11. The number of hydrogen-bond donors (Lipinski definition) is 2. The van der Waals surface area contributed by atoms with Crippen molar-refractivity contribution in [2.24, 2.45) is 5.92 Å². The van der Waals surface area contributed by atoms with Crippen molar-refractivity contribution in [1.82, 2.24) is 20.4 Å². The smallest absolute Gasteiger partial charge is 0.359 e. The number of para-hydroxylation sites is 1. The number of amides is 3. The molecule has 0 saturated carbocycles. The fourth-order valence-corrected chi connectivity index (χ4v) is 2.79. The van der Waals surface area contributed by atoms with E-state index in [4.69, 9.17) is 4.74 Å². The molecule has 3 rings (SSSR count). The Morgan fingerprint density at radius 2 is 1.65 bits per heavy atom. The summed E-state index contributed by atoms with van der Waals surface area (Å²) >= 11 is 0. The third-order valence-electron chi connectivity index (χ3n) is 4.26. The van der Waals surface area contributed by atoms with Crippen molar-refractivity contribution in [3.63, 3.8) is 0 Å². The Morgan fingerprint density at radius 3 is 2.32 bits per heavy atom. The van der Waals surface area contributed by atoms with E-state index in [-0.39, 0.29) is 17.0 Å². The molecule has 1 heterocycles. The molecule has 0 spiro atoms. The fraction of sp³-hybridized carbons (Fsp3) is 0.227. The van der Waals surface area contributed by atoms with Crippen LogP contribution in [0.2, 0.25) is 0 Å². The molecule has 0 saturated heterocycles. The molecule has 0 bridgehead atoms. The first-order valence-electron chi connectivity index (χ1n) is 9.69. The molecule has 0 aliphatic heterocycles. The Morgan fingerprint density at radius 1 is 1.00 bits per heavy atom. The molecule has 2 N–H and O–H groups in total. The van der Waals surface area contributed by atoms with Gasteiger partial charge in [0.15, 0.2) is 12.3 Å². The molecule has 1 aromatic heterocycles. The van der Waals surface area contributed by atoms with Gasteiger partial charge in [-0.25, -0.2) is 9.59 Å². The topological polar surface area (TPSA) is 119 Å². The van der Waals surface area contributed by atoms with Crippen LogP contribution in [0.15, 0.2) is 59.4 Å². The molecule has 31 heavy (non-hydrogen) atoms. The molecule has 0 fully saturated rings. The van der Waals surface area contributed by atoms with Gasteiger partial charge >= 0.3 is 12.0 Å². The zero-order valence-electron chi connectivity index (χ0n) is 17.1. The van der Waals surface area contributed by atoms with E-state index >= 15 is 0 Å². The van der Waals surface area contributed by atoms with Gasteiger partial charge < -0.3 is 10.1 Å². The van der Waals surface area contributed by atoms with Crippen LogP contribution < -0.4 is 16.2 Å². The molecular formula is C22H22N4O5. The maximum absolute atomic E-state index is 12.8. The average Bonchev–Trinajstić information content (AvgIpc) is 2.77. The maximum atomic E-state index is 12.8. The number of hydrogen-bond acceptors (Lipinski definition) is 6. The zero-order chi connectivity index (χ0) is 22.4. The summed E-state index contributed by atoms with van der Waals surface area (Å²) in [6.07, 6.45) is 0. The number of nitrogens with zero attached hydrogens (tertiary/aromatic N) is 2. The predicted molar refractivity (Wildman–Crippen MR) is 114 cm³/mol. The summed E-state index contributed by atoms with van der Waals surface area (Å²) in [5.41, 5.74) is -0.0269. The van der Waals surface area contributed by atoms with Crippen LogP contribution in [0.4, 0.5) is 4.79 Å². The van der Waals surface area contributed by atoms with Crippen molar-refractivity contribution in [2.75, 3.05) is 13.2 Å². The third-order valence-corrected chi connectivity index (χ3v) is 4.26. The highest BCUT2D eigenvalue weighted by Gasteiger charge is 2.20. The van der Waals surface area contributed by atoms with Crippen LogP contribution in [-0.4, -0.2) is 40.8 Å². The van der Waals surface area contributed by atoms with Crippen molar-refractivity contribution >= 4 is 28.7 Å². The number of nitrogens with one attached hydrogen (secondary N) is 2. The second kappa shape index (κ2) is 9.66. The van der Waals surface area contributed by atoms with E-state index in [2.05, 4.69) is 15.7 Å². The van der Waals surface area contributed by atoms with E-state index in [1.54, 1.807) is 54.6 Å². The zero-order valence-corrected chi connectivity index (χ0v) is 17.1. The van der Waals surface area contributed by atoms with Gasteiger partial charge in [-0.1, -0.05) is 50.2 Å². The molecule has 0 aliphatic rings. The first-order chi connectivity index (χ1) is 14.9. The van der Waals surface area contributed by atoms with Gasteiger partial charge in [-0.2, -0.15) is 9.78 Å². The minimum absolute atomic E-state index is 0.115. The number of urea groups is 1. The van der Waals surface area contributed by atoms with E-state index in [0.717, 1.165) is 4.68 Å². The Labute approximate surface area is 178 Å². The number of imide groups is 1. The molecule has 3 aromatic rings. The van der Waals surface area contributed by atoms with Crippen molar-refractivity contribution in [3.8, 4) is 5.69 Å². The number of rotatable bonds is 6. The highest BCUT2D eigenvalue weighted by molar-refractivity contribution is 6.03. The molecule has 0 radical (unpaired) electrons. The van der Waals surface area contributed by atoms with Crippen LogP contribution in [0, 0.1) is 5.92 Å². The molecule has 2 aromatic carbocycles. The van der Waals surface area contributed by atoms with Gasteiger partial charge in [0, 0.05) is 11.9 Å². The Hall–Kier alpha value is -4.01. The molecule has 0 unspecified atom stereocenters. The highest BCUT2D eigenvalue weighted by atomic mass is 16.5. The number of fused-ring (bicyclic) bond motifs is 1. The fourth-order valence-electron chi connectivity index (χ4n) is 2.79. The van der Waals surface area contributed by atoms with E-state index < -0.39 is 30.1 Å². The Balaban J connectivity index is 1.81. The normalized spacial score (nSPS) is 10.7. The largest absolute Gasteiger partial charge is 0.451 e. The summed E-state index contributed by atoms with van der Waals surface area (Å²) in [4.78, 5) is 49.1. The monoisotopic (exact) mass is 422 g/mol. The van der Waals surface area contributed by atoms with E-state index in [1.807, 2.05) is 13.8 Å². The van der Waals surface area contributed by atoms with E-state index in [0.29, 0.717) is 17.6 Å². The Kier molecular flexibility index (Phi) is 6.76. The molecule has 9 heteroatoms. The SMILES string of the molecule is CC(C)CNC(=O)NC(=O)COC(=O)c1nn(-c2ccccc2)c(=O)c2ccccc12. The lowest BCUT2D eigenvalue weighted by Crippen LogP contribution is -2.42. The summed E-state index contributed by atoms with van der Waals surface area (Å²) in [5.74, 6) is -1.45. The molecule has 9 nitrogen and oxygen atoms in total. The summed E-state index contributed by atoms with van der Waals surface area (Å²) in [7, 11) is 0. The number of ether oxygens (including phenoxy) is 1. The highest BCUT2D eigenvalue weighted by Crippen LogP contribution is 2.16. The number of carbonyl (C=O) groups is 3. The van der Waals surface area contributed by atoms with Gasteiger partial charge in [-0.05, 0) is 24.1 Å². The summed E-state index contributed by atoms with van der Waals surface area (Å²) in [6.45, 7) is 3.55. The molecular weight excluding hydrogens is 400 g/mol. The van der Waals surface area contributed by atoms with Gasteiger partial charge in [0.05, 0.1) is 11.1 Å². The van der Waals surface area contributed by atoms with E-state index in [9.17, 15) is 19.2 Å². The van der Waals surface area contributed by atoms with Crippen LogP contribution in [0.5, 0.6) is 0 Å². The molecule has 3 amide bonds. The van der Waals surface area contributed by atoms with Crippen LogP contribution in [0.3, 0.4) is 0 Å². The van der Waals surface area contributed by atoms with Crippen LogP contribution >= 0.6 is 0 Å². The van der Waals surface area contributed by atoms with Crippen molar-refractivity contribution in [3.05, 3.63) is 70.6 Å². The second-order valence-corrected chi connectivity index (χ2v) is 7.17. The average molecular weight is 422 g/mol. The number of benzene rings is 2. The predicted octanol–water partition coefficient (Wildman–Crippen LogP) is 2.02. The quantitative estimate of drug-likeness (QED) is 0.587. The summed E-state index contributed by atoms with van der Waals surface area (Å²) in [5, 5.41) is 9.38. The molecule has 0 atom stereocenters. The molecule has 0 aliphatic carbocycles. The van der Waals surface area contributed by atoms with Crippen molar-refractivity contribution in [2.45, 2.75) is 13.8 Å². The number of esters is 1. The minimum Gasteiger partial charge on any atom is -0.451 e. The minimum atomic E-state index is -0.890. The van der Waals surface area contributed by atoms with Crippen LogP contribution in [-0.2, 0) is 9.53 Å². The maximum Gasteiger partial charge on any atom is 0.359 e. The second-order valence-electron chi connectivity index (χ2n) is 7.17. The lowest BCUT2D eigenvalue weighted by atomic mass is 10.1. The first kappa shape index (κ1) is 21.7. The van der Waals surface area contributed by atoms with Crippen LogP contribution in [0.25, 0.3) is 16.5 Å². The van der Waals surface area contributed by atoms with Gasteiger partial charge in [0.1, 0.15) is 0 Å². The lowest BCUT2D eigenvalue weighted by molar-refractivity contribution is -0.123. The van der Waals surface area contributed by atoms with Crippen molar-refractivity contribution < 1.29 is 19.1 Å². The van der Waals surface area contributed by atoms with E-state index in [1.165, 1.54) is 0 Å². The van der Waals surface area contributed by atoms with Gasteiger partial charge in [-0.3, -0.25) is 14.9 Å². The summed E-state index contributed by atoms with van der Waals surface area (Å²) < 4.78 is 6.16. The third kappa shape index (κ3) is 5.33. The van der Waals surface area contributed by atoms with Gasteiger partial charge in [0.25, 0.3) is 11.5 Å². The Bertz CT molecular complexity index is 1170. The van der Waals surface area contributed by atoms with Gasteiger partial charge in [-0.15, -0.1) is 0 Å². The number of carbonyl (C=O) groups excluding carboxylic acids is 3. The van der Waals surface area contributed by atoms with Crippen LogP contribution in [0.1, 0.15) is 24.3 Å².